The molecule has 1 aliphatic carbocycles. The minimum atomic E-state index is -0.517. The highest BCUT2D eigenvalue weighted by Crippen LogP contribution is 2.27. The van der Waals surface area contributed by atoms with E-state index in [9.17, 15) is 14.4 Å². The van der Waals surface area contributed by atoms with Crippen LogP contribution in [0.4, 0.5) is 5.69 Å². The summed E-state index contributed by atoms with van der Waals surface area (Å²) in [6.45, 7) is 0.664. The van der Waals surface area contributed by atoms with Gasteiger partial charge in [0.15, 0.2) is 12.3 Å². The van der Waals surface area contributed by atoms with E-state index in [1.807, 2.05) is 30.3 Å². The molecule has 1 aliphatic rings. The number of hydrogen-bond donors (Lipinski definition) is 3. The highest BCUT2D eigenvalue weighted by molar-refractivity contribution is 6.15. The summed E-state index contributed by atoms with van der Waals surface area (Å²) >= 11 is 0. The first-order valence-corrected chi connectivity index (χ1v) is 12.9. The molecule has 0 saturated heterocycles. The van der Waals surface area contributed by atoms with E-state index in [0.29, 0.717) is 24.6 Å². The lowest BCUT2D eigenvalue weighted by atomic mass is 9.85. The second-order valence-corrected chi connectivity index (χ2v) is 9.44. The van der Waals surface area contributed by atoms with Gasteiger partial charge in [0.1, 0.15) is 0 Å². The monoisotopic (exact) mass is 543 g/mol. The van der Waals surface area contributed by atoms with Gasteiger partial charge in [-0.15, -0.1) is 5.10 Å². The van der Waals surface area contributed by atoms with Gasteiger partial charge in [-0.1, -0.05) is 42.0 Å². The fourth-order valence-corrected chi connectivity index (χ4v) is 4.47. The number of benzene rings is 2. The summed E-state index contributed by atoms with van der Waals surface area (Å²) in [5.74, 6) is -0.868. The van der Waals surface area contributed by atoms with Crippen molar-refractivity contribution in [1.29, 1.82) is 0 Å². The fraction of sp³-hybridized carbons (Fsp3) is 0.286. The average Bonchev–Trinajstić information content (AvgIpc) is 3.45. The van der Waals surface area contributed by atoms with Crippen molar-refractivity contribution in [2.45, 2.75) is 25.8 Å². The van der Waals surface area contributed by atoms with E-state index in [1.54, 1.807) is 23.1 Å². The molecule has 40 heavy (non-hydrogen) atoms. The van der Waals surface area contributed by atoms with Crippen LogP contribution in [0.2, 0.25) is 0 Å². The smallest absolute Gasteiger partial charge is 0.281 e. The van der Waals surface area contributed by atoms with Crippen LogP contribution in [0.15, 0.2) is 60.9 Å². The number of nitrogens with zero attached hydrogens (tertiary/aromatic N) is 4. The number of carbonyl (C=O) groups excluding carboxylic acids is 3. The Morgan fingerprint density at radius 3 is 2.58 bits per heavy atom. The maximum Gasteiger partial charge on any atom is 0.281 e. The zero-order chi connectivity index (χ0) is 27.9. The lowest BCUT2D eigenvalue weighted by Crippen LogP contribution is -2.33. The molecule has 2 heterocycles. The van der Waals surface area contributed by atoms with Gasteiger partial charge in [0.25, 0.3) is 17.7 Å². The molecular weight excluding hydrogens is 514 g/mol. The van der Waals surface area contributed by atoms with Crippen molar-refractivity contribution >= 4 is 34.2 Å². The number of nitrogens with one attached hydrogen (secondary N) is 3. The first-order valence-electron chi connectivity index (χ1n) is 12.9. The fourth-order valence-electron chi connectivity index (χ4n) is 4.47. The molecule has 0 spiro atoms. The van der Waals surface area contributed by atoms with E-state index in [4.69, 9.17) is 4.74 Å². The minimum absolute atomic E-state index is 0.00979. The second kappa shape index (κ2) is 12.3. The number of hydrogen-bond acceptors (Lipinski definition) is 8. The molecule has 4 aromatic rings. The Kier molecular flexibility index (Phi) is 8.26. The molecule has 3 amide bonds. The Bertz CT molecular complexity index is 1520. The maximum atomic E-state index is 13.5. The summed E-state index contributed by atoms with van der Waals surface area (Å²) in [6.07, 6.45) is 6.67. The van der Waals surface area contributed by atoms with Crippen molar-refractivity contribution < 1.29 is 24.0 Å². The summed E-state index contributed by atoms with van der Waals surface area (Å²) < 4.78 is 7.13. The number of aromatic nitrogens is 4. The van der Waals surface area contributed by atoms with Gasteiger partial charge in [-0.25, -0.2) is 15.1 Å². The van der Waals surface area contributed by atoms with Crippen LogP contribution in [0.5, 0.6) is 5.88 Å². The molecule has 0 atom stereocenters. The number of carbonyl (C=O) groups is 3. The van der Waals surface area contributed by atoms with Crippen molar-refractivity contribution in [2.75, 3.05) is 25.6 Å². The van der Waals surface area contributed by atoms with Crippen molar-refractivity contribution in [3.63, 3.8) is 0 Å². The SMILES string of the molecule is CONC(=O)COc1ccc(NC(=O)c2ccc(Cn3ccnn3)c3ccccc23)c(C(=O)NCC2CCC2)n1. The highest BCUT2D eigenvalue weighted by atomic mass is 16.6. The van der Waals surface area contributed by atoms with Crippen molar-refractivity contribution in [3.05, 3.63) is 77.7 Å². The number of pyridine rings is 1. The van der Waals surface area contributed by atoms with Crippen molar-refractivity contribution in [2.24, 2.45) is 5.92 Å². The van der Waals surface area contributed by atoms with Crippen LogP contribution in [0.1, 0.15) is 45.7 Å². The van der Waals surface area contributed by atoms with Crippen LogP contribution >= 0.6 is 0 Å². The first-order chi connectivity index (χ1) is 19.5. The van der Waals surface area contributed by atoms with Gasteiger partial charge in [0.05, 0.1) is 25.5 Å². The predicted octanol–water partition coefficient (Wildman–Crippen LogP) is 2.71. The van der Waals surface area contributed by atoms with Gasteiger partial charge >= 0.3 is 0 Å². The Balaban J connectivity index is 1.40. The Hall–Kier alpha value is -4.84. The van der Waals surface area contributed by atoms with E-state index < -0.39 is 17.7 Å². The van der Waals surface area contributed by atoms with Crippen LogP contribution in [-0.4, -0.2) is 58.0 Å². The second-order valence-electron chi connectivity index (χ2n) is 9.44. The molecule has 2 aromatic carbocycles. The molecular formula is C28H29N7O5. The normalized spacial score (nSPS) is 12.9. The molecule has 12 nitrogen and oxygen atoms in total. The largest absolute Gasteiger partial charge is 0.467 e. The molecule has 3 N–H and O–H groups in total. The van der Waals surface area contributed by atoms with Gasteiger partial charge in [0, 0.05) is 24.4 Å². The van der Waals surface area contributed by atoms with E-state index in [-0.39, 0.29) is 23.9 Å². The summed E-state index contributed by atoms with van der Waals surface area (Å²) in [5.41, 5.74) is 3.78. The third kappa shape index (κ3) is 6.24. The molecule has 0 aliphatic heterocycles. The highest BCUT2D eigenvalue weighted by Gasteiger charge is 2.22. The molecule has 206 valence electrons. The zero-order valence-electron chi connectivity index (χ0n) is 21.9. The number of ether oxygens (including phenoxy) is 1. The molecule has 2 aromatic heterocycles. The van der Waals surface area contributed by atoms with E-state index >= 15 is 0 Å². The number of hydroxylamine groups is 1. The van der Waals surface area contributed by atoms with Gasteiger partial charge in [0.2, 0.25) is 5.88 Å². The zero-order valence-corrected chi connectivity index (χ0v) is 21.9. The van der Waals surface area contributed by atoms with Gasteiger partial charge in [-0.05, 0) is 47.2 Å². The van der Waals surface area contributed by atoms with Crippen LogP contribution < -0.4 is 20.9 Å². The number of rotatable bonds is 11. The summed E-state index contributed by atoms with van der Waals surface area (Å²) in [4.78, 5) is 47.3. The minimum Gasteiger partial charge on any atom is -0.467 e. The molecule has 0 unspecified atom stereocenters. The summed E-state index contributed by atoms with van der Waals surface area (Å²) in [7, 11) is 1.31. The van der Waals surface area contributed by atoms with E-state index in [1.165, 1.54) is 19.2 Å². The van der Waals surface area contributed by atoms with E-state index in [0.717, 1.165) is 35.6 Å². The molecule has 5 rings (SSSR count). The maximum absolute atomic E-state index is 13.5. The van der Waals surface area contributed by atoms with Crippen molar-refractivity contribution in [3.8, 4) is 5.88 Å². The third-order valence-corrected chi connectivity index (χ3v) is 6.74. The van der Waals surface area contributed by atoms with Gasteiger partial charge in [-0.3, -0.25) is 19.2 Å². The molecule has 1 saturated carbocycles. The Labute approximate surface area is 230 Å². The summed E-state index contributed by atoms with van der Waals surface area (Å²) in [5, 5.41) is 15.3. The Morgan fingerprint density at radius 2 is 1.85 bits per heavy atom. The number of anilines is 1. The lowest BCUT2D eigenvalue weighted by Gasteiger charge is -2.25. The van der Waals surface area contributed by atoms with Crippen molar-refractivity contribution in [1.82, 2.24) is 30.8 Å². The quantitative estimate of drug-likeness (QED) is 0.245. The Morgan fingerprint density at radius 1 is 1.02 bits per heavy atom. The number of amides is 3. The first kappa shape index (κ1) is 26.8. The van der Waals surface area contributed by atoms with E-state index in [2.05, 4.69) is 36.2 Å². The standard InChI is InChI=1S/C28H29N7O5/c1-39-33-24(36)17-40-25-12-11-23(26(32-25)28(38)29-15-18-5-4-6-18)31-27(37)22-10-9-19(16-35-14-13-30-34-35)20-7-2-3-8-21(20)22/h2-3,7-14,18H,4-6,15-17H2,1H3,(H,29,38)(H,31,37)(H,33,36). The lowest BCUT2D eigenvalue weighted by molar-refractivity contribution is -0.133. The molecule has 0 bridgehead atoms. The number of fused-ring (bicyclic) bond motifs is 1. The van der Waals surface area contributed by atoms with Gasteiger partial charge in [-0.2, -0.15) is 0 Å². The van der Waals surface area contributed by atoms with Crippen LogP contribution in [0.25, 0.3) is 10.8 Å². The average molecular weight is 544 g/mol. The molecule has 0 radical (unpaired) electrons. The molecule has 1 fully saturated rings. The molecule has 12 heteroatoms. The van der Waals surface area contributed by atoms with Crippen LogP contribution in [0.3, 0.4) is 0 Å². The topological polar surface area (TPSA) is 149 Å². The van der Waals surface area contributed by atoms with Crippen LogP contribution in [-0.2, 0) is 16.2 Å². The third-order valence-electron chi connectivity index (χ3n) is 6.74. The summed E-state index contributed by atoms with van der Waals surface area (Å²) in [6, 6.07) is 14.3. The van der Waals surface area contributed by atoms with Crippen LogP contribution in [0, 0.1) is 5.92 Å². The predicted molar refractivity (Wildman–Crippen MR) is 146 cm³/mol. The van der Waals surface area contributed by atoms with Gasteiger partial charge < -0.3 is 15.4 Å².